The number of carbonyl (C=O) groups is 1. The van der Waals surface area contributed by atoms with Gasteiger partial charge in [0.15, 0.2) is 0 Å². The highest BCUT2D eigenvalue weighted by molar-refractivity contribution is 9.10. The summed E-state index contributed by atoms with van der Waals surface area (Å²) in [5.41, 5.74) is 3.51. The minimum atomic E-state index is -0.400. The molecule has 0 atom stereocenters. The number of pyridine rings is 1. The maximum absolute atomic E-state index is 12.2. The highest BCUT2D eigenvalue weighted by Crippen LogP contribution is 2.40. The average Bonchev–Trinajstić information content (AvgIpc) is 2.99. The first-order valence-corrected chi connectivity index (χ1v) is 9.50. The van der Waals surface area contributed by atoms with Crippen LogP contribution in [0, 0.1) is 6.92 Å². The Hall–Kier alpha value is -2.25. The number of benzene rings is 1. The predicted molar refractivity (Wildman–Crippen MR) is 111 cm³/mol. The fraction of sp³-hybridized carbons (Fsp3) is 0.211. The van der Waals surface area contributed by atoms with Crippen LogP contribution in [0.4, 0.5) is 5.69 Å². The van der Waals surface area contributed by atoms with Crippen LogP contribution in [-0.4, -0.2) is 43.4 Å². The third-order valence-electron chi connectivity index (χ3n) is 3.76. The van der Waals surface area contributed by atoms with Crippen molar-refractivity contribution in [1.29, 1.82) is 0 Å². The Kier molecular flexibility index (Phi) is 5.38. The van der Waals surface area contributed by atoms with Gasteiger partial charge in [0, 0.05) is 29.5 Å². The quantitative estimate of drug-likeness (QED) is 0.329. The maximum atomic E-state index is 12.2. The molecular formula is C19H18BrN3O2S. The third kappa shape index (κ3) is 3.64. The van der Waals surface area contributed by atoms with Crippen LogP contribution in [0.1, 0.15) is 15.2 Å². The van der Waals surface area contributed by atoms with Gasteiger partial charge >= 0.3 is 5.97 Å². The molecule has 7 heteroatoms. The lowest BCUT2D eigenvalue weighted by Gasteiger charge is -2.06. The second-order valence-corrected chi connectivity index (χ2v) is 7.91. The summed E-state index contributed by atoms with van der Waals surface area (Å²) in [7, 11) is 5.14. The van der Waals surface area contributed by atoms with Crippen molar-refractivity contribution in [2.24, 2.45) is 4.99 Å². The van der Waals surface area contributed by atoms with Crippen LogP contribution in [0.3, 0.4) is 0 Å². The van der Waals surface area contributed by atoms with Crippen LogP contribution in [0.2, 0.25) is 0 Å². The van der Waals surface area contributed by atoms with E-state index in [0.29, 0.717) is 10.6 Å². The van der Waals surface area contributed by atoms with Crippen LogP contribution in [0.5, 0.6) is 0 Å². The number of halogens is 1. The summed E-state index contributed by atoms with van der Waals surface area (Å²) in [6.07, 6.45) is 1.68. The zero-order valence-corrected chi connectivity index (χ0v) is 17.3. The largest absolute Gasteiger partial charge is 0.465 e. The van der Waals surface area contributed by atoms with Crippen molar-refractivity contribution in [3.8, 4) is 11.3 Å². The van der Waals surface area contributed by atoms with E-state index >= 15 is 0 Å². The first kappa shape index (κ1) is 18.5. The standard InChI is InChI=1S/C19H18BrN3O2S/c1-11-9-14(12-5-7-13(20)8-6-12)22-18-15(11)16(21-10-23(2)3)17(26-18)19(24)25-4/h5-10H,1-4H3. The molecule has 134 valence electrons. The van der Waals surface area contributed by atoms with Crippen LogP contribution >= 0.6 is 27.3 Å². The molecule has 0 amide bonds. The van der Waals surface area contributed by atoms with Crippen molar-refractivity contribution in [2.75, 3.05) is 21.2 Å². The number of nitrogens with zero attached hydrogens (tertiary/aromatic N) is 3. The molecule has 3 aromatic rings. The topological polar surface area (TPSA) is 54.8 Å². The molecule has 26 heavy (non-hydrogen) atoms. The van der Waals surface area contributed by atoms with Crippen molar-refractivity contribution in [2.45, 2.75) is 6.92 Å². The van der Waals surface area contributed by atoms with Gasteiger partial charge in [-0.2, -0.15) is 0 Å². The molecule has 2 aromatic heterocycles. The molecule has 0 aliphatic carbocycles. The SMILES string of the molecule is COC(=O)c1sc2nc(-c3ccc(Br)cc3)cc(C)c2c1N=CN(C)C. The highest BCUT2D eigenvalue weighted by atomic mass is 79.9. The van der Waals surface area contributed by atoms with Gasteiger partial charge in [0.2, 0.25) is 0 Å². The van der Waals surface area contributed by atoms with E-state index in [1.54, 1.807) is 6.34 Å². The maximum Gasteiger partial charge on any atom is 0.350 e. The Labute approximate surface area is 164 Å². The summed E-state index contributed by atoms with van der Waals surface area (Å²) in [5, 5.41) is 0.884. The summed E-state index contributed by atoms with van der Waals surface area (Å²) in [5.74, 6) is -0.400. The van der Waals surface area contributed by atoms with Crippen LogP contribution in [-0.2, 0) is 4.74 Å². The molecular weight excluding hydrogens is 414 g/mol. The summed E-state index contributed by atoms with van der Waals surface area (Å²) in [4.78, 5) is 24.5. The molecule has 0 N–H and O–H groups in total. The molecule has 0 fully saturated rings. The monoisotopic (exact) mass is 431 g/mol. The van der Waals surface area contributed by atoms with Crippen molar-refractivity contribution in [1.82, 2.24) is 9.88 Å². The Morgan fingerprint density at radius 2 is 2.00 bits per heavy atom. The third-order valence-corrected chi connectivity index (χ3v) is 5.34. The van der Waals surface area contributed by atoms with E-state index in [1.165, 1.54) is 18.4 Å². The lowest BCUT2D eigenvalue weighted by molar-refractivity contribution is 0.0607. The Bertz CT molecular complexity index is 994. The molecule has 2 heterocycles. The van der Waals surface area contributed by atoms with Gasteiger partial charge in [0.05, 0.1) is 24.8 Å². The Morgan fingerprint density at radius 3 is 2.62 bits per heavy atom. The van der Waals surface area contributed by atoms with E-state index in [1.807, 2.05) is 56.3 Å². The Balaban J connectivity index is 2.22. The highest BCUT2D eigenvalue weighted by Gasteiger charge is 2.21. The van der Waals surface area contributed by atoms with Gasteiger partial charge in [0.25, 0.3) is 0 Å². The minimum absolute atomic E-state index is 0.400. The van der Waals surface area contributed by atoms with E-state index in [-0.39, 0.29) is 0 Å². The number of thiophene rings is 1. The lowest BCUT2D eigenvalue weighted by atomic mass is 10.1. The summed E-state index contributed by atoms with van der Waals surface area (Å²) < 4.78 is 5.95. The fourth-order valence-electron chi connectivity index (χ4n) is 2.56. The first-order valence-electron chi connectivity index (χ1n) is 7.89. The van der Waals surface area contributed by atoms with Crippen LogP contribution in [0.25, 0.3) is 21.5 Å². The van der Waals surface area contributed by atoms with Gasteiger partial charge < -0.3 is 9.64 Å². The van der Waals surface area contributed by atoms with E-state index in [9.17, 15) is 4.79 Å². The molecule has 0 aliphatic rings. The normalized spacial score (nSPS) is 11.3. The van der Waals surface area contributed by atoms with Gasteiger partial charge in [-0.05, 0) is 30.7 Å². The van der Waals surface area contributed by atoms with Gasteiger partial charge in [-0.1, -0.05) is 28.1 Å². The van der Waals surface area contributed by atoms with Crippen molar-refractivity contribution < 1.29 is 9.53 Å². The van der Waals surface area contributed by atoms with Crippen LogP contribution in [0.15, 0.2) is 39.8 Å². The van der Waals surface area contributed by atoms with E-state index in [4.69, 9.17) is 9.72 Å². The number of carbonyl (C=O) groups excluding carboxylic acids is 1. The molecule has 3 rings (SSSR count). The van der Waals surface area contributed by atoms with E-state index in [0.717, 1.165) is 31.5 Å². The molecule has 0 bridgehead atoms. The van der Waals surface area contributed by atoms with E-state index in [2.05, 4.69) is 20.9 Å². The number of ether oxygens (including phenoxy) is 1. The number of esters is 1. The van der Waals surface area contributed by atoms with Gasteiger partial charge in [-0.25, -0.2) is 14.8 Å². The van der Waals surface area contributed by atoms with Crippen molar-refractivity contribution in [3.63, 3.8) is 0 Å². The second-order valence-electron chi connectivity index (χ2n) is 5.99. The number of hydrogen-bond acceptors (Lipinski definition) is 5. The molecule has 5 nitrogen and oxygen atoms in total. The zero-order chi connectivity index (χ0) is 18.8. The minimum Gasteiger partial charge on any atom is -0.465 e. The van der Waals surface area contributed by atoms with Gasteiger partial charge in [-0.15, -0.1) is 11.3 Å². The number of methoxy groups -OCH3 is 1. The fourth-order valence-corrected chi connectivity index (χ4v) is 3.94. The number of aliphatic imine (C=N–C) groups is 1. The molecule has 0 spiro atoms. The van der Waals surface area contributed by atoms with Crippen molar-refractivity contribution >= 4 is 55.5 Å². The summed E-state index contributed by atoms with van der Waals surface area (Å²) in [6, 6.07) is 10.0. The zero-order valence-electron chi connectivity index (χ0n) is 14.9. The summed E-state index contributed by atoms with van der Waals surface area (Å²) in [6.45, 7) is 2.01. The van der Waals surface area contributed by atoms with Crippen LogP contribution < -0.4 is 0 Å². The van der Waals surface area contributed by atoms with Gasteiger partial charge in [0.1, 0.15) is 9.71 Å². The number of aryl methyl sites for hydroxylation is 1. The number of rotatable bonds is 4. The Morgan fingerprint density at radius 1 is 1.31 bits per heavy atom. The second kappa shape index (κ2) is 7.55. The average molecular weight is 432 g/mol. The molecule has 0 unspecified atom stereocenters. The smallest absolute Gasteiger partial charge is 0.350 e. The van der Waals surface area contributed by atoms with Crippen molar-refractivity contribution in [3.05, 3.63) is 45.2 Å². The molecule has 1 aromatic carbocycles. The molecule has 0 saturated heterocycles. The number of aromatic nitrogens is 1. The first-order chi connectivity index (χ1) is 12.4. The lowest BCUT2D eigenvalue weighted by Crippen LogP contribution is -2.07. The molecule has 0 saturated carbocycles. The van der Waals surface area contributed by atoms with Gasteiger partial charge in [-0.3, -0.25) is 0 Å². The predicted octanol–water partition coefficient (Wildman–Crippen LogP) is 5.04. The number of fused-ring (bicyclic) bond motifs is 1. The van der Waals surface area contributed by atoms with E-state index < -0.39 is 5.97 Å². The molecule has 0 radical (unpaired) electrons. The summed E-state index contributed by atoms with van der Waals surface area (Å²) >= 11 is 4.76. The number of hydrogen-bond donors (Lipinski definition) is 0. The molecule has 0 aliphatic heterocycles.